The highest BCUT2D eigenvalue weighted by molar-refractivity contribution is 7.80. The number of halogens is 1. The average Bonchev–Trinajstić information content (AvgIpc) is 2.80. The molecular weight excluding hydrogens is 267 g/mol. The Kier molecular flexibility index (Phi) is 3.57. The van der Waals surface area contributed by atoms with Crippen LogP contribution < -0.4 is 11.1 Å². The molecule has 4 N–H and O–H groups in total. The number of anilines is 1. The van der Waals surface area contributed by atoms with Crippen LogP contribution in [0.2, 0.25) is 0 Å². The third-order valence-electron chi connectivity index (χ3n) is 2.51. The number of benzene rings is 1. The van der Waals surface area contributed by atoms with Crippen molar-refractivity contribution in [2.45, 2.75) is 6.92 Å². The van der Waals surface area contributed by atoms with Gasteiger partial charge in [0.2, 0.25) is 0 Å². The zero-order chi connectivity index (χ0) is 14.0. The molecule has 5 nitrogen and oxygen atoms in total. The van der Waals surface area contributed by atoms with Gasteiger partial charge in [0.15, 0.2) is 0 Å². The van der Waals surface area contributed by atoms with Gasteiger partial charge < -0.3 is 11.1 Å². The first-order chi connectivity index (χ1) is 8.99. The Morgan fingerprint density at radius 1 is 1.47 bits per heavy atom. The maximum Gasteiger partial charge on any atom is 0.259 e. The molecule has 0 aliphatic heterocycles. The number of carbonyl (C=O) groups is 1. The molecule has 19 heavy (non-hydrogen) atoms. The SMILES string of the molecule is Cc1ccc(F)c(C(=O)Nc2[nH]ncc2C(N)=S)c1. The molecule has 0 bridgehead atoms. The van der Waals surface area contributed by atoms with Crippen LogP contribution in [-0.2, 0) is 0 Å². The lowest BCUT2D eigenvalue weighted by Crippen LogP contribution is -2.18. The number of nitrogens with two attached hydrogens (primary N) is 1. The van der Waals surface area contributed by atoms with E-state index in [1.165, 1.54) is 18.3 Å². The summed E-state index contributed by atoms with van der Waals surface area (Å²) in [5.41, 5.74) is 6.60. The molecule has 0 saturated heterocycles. The maximum atomic E-state index is 13.6. The lowest BCUT2D eigenvalue weighted by Gasteiger charge is -2.06. The number of aromatic nitrogens is 2. The minimum Gasteiger partial charge on any atom is -0.389 e. The molecule has 0 fully saturated rings. The van der Waals surface area contributed by atoms with Crippen LogP contribution in [-0.4, -0.2) is 21.1 Å². The number of H-pyrrole nitrogens is 1. The molecule has 1 aromatic heterocycles. The van der Waals surface area contributed by atoms with Gasteiger partial charge in [-0.15, -0.1) is 0 Å². The van der Waals surface area contributed by atoms with E-state index in [0.29, 0.717) is 5.56 Å². The van der Waals surface area contributed by atoms with Crippen LogP contribution >= 0.6 is 12.2 Å². The van der Waals surface area contributed by atoms with Gasteiger partial charge in [0, 0.05) is 0 Å². The Bertz CT molecular complexity index is 653. The molecule has 0 saturated carbocycles. The summed E-state index contributed by atoms with van der Waals surface area (Å²) < 4.78 is 13.6. The van der Waals surface area contributed by atoms with Crippen molar-refractivity contribution >= 4 is 28.9 Å². The summed E-state index contributed by atoms with van der Waals surface area (Å²) in [6.07, 6.45) is 1.39. The summed E-state index contributed by atoms with van der Waals surface area (Å²) in [4.78, 5) is 12.1. The van der Waals surface area contributed by atoms with Gasteiger partial charge >= 0.3 is 0 Å². The monoisotopic (exact) mass is 278 g/mol. The van der Waals surface area contributed by atoms with Crippen molar-refractivity contribution in [3.63, 3.8) is 0 Å². The fourth-order valence-corrected chi connectivity index (χ4v) is 1.72. The smallest absolute Gasteiger partial charge is 0.259 e. The molecule has 1 amide bonds. The van der Waals surface area contributed by atoms with E-state index in [0.717, 1.165) is 5.56 Å². The topological polar surface area (TPSA) is 83.8 Å². The molecule has 0 spiro atoms. The minimum atomic E-state index is -0.598. The van der Waals surface area contributed by atoms with E-state index >= 15 is 0 Å². The number of aromatic amines is 1. The summed E-state index contributed by atoms with van der Waals surface area (Å²) in [5, 5.41) is 8.77. The lowest BCUT2D eigenvalue weighted by molar-refractivity contribution is 0.102. The number of amides is 1. The fourth-order valence-electron chi connectivity index (χ4n) is 1.56. The second-order valence-electron chi connectivity index (χ2n) is 3.96. The fraction of sp³-hybridized carbons (Fsp3) is 0.0833. The van der Waals surface area contributed by atoms with E-state index in [9.17, 15) is 9.18 Å². The lowest BCUT2D eigenvalue weighted by atomic mass is 10.1. The molecule has 0 unspecified atom stereocenters. The van der Waals surface area contributed by atoms with Gasteiger partial charge in [-0.25, -0.2) is 4.39 Å². The van der Waals surface area contributed by atoms with Crippen LogP contribution in [0.5, 0.6) is 0 Å². The van der Waals surface area contributed by atoms with Crippen molar-refractivity contribution in [3.05, 3.63) is 46.9 Å². The molecule has 1 aromatic carbocycles. The predicted octanol–water partition coefficient (Wildman–Crippen LogP) is 1.74. The molecule has 0 aliphatic carbocycles. The first-order valence-corrected chi connectivity index (χ1v) is 5.80. The first kappa shape index (κ1) is 13.2. The van der Waals surface area contributed by atoms with Crippen LogP contribution in [0.1, 0.15) is 21.5 Å². The maximum absolute atomic E-state index is 13.6. The van der Waals surface area contributed by atoms with Crippen molar-refractivity contribution in [2.24, 2.45) is 5.73 Å². The number of aryl methyl sites for hydroxylation is 1. The van der Waals surface area contributed by atoms with Gasteiger partial charge in [-0.2, -0.15) is 5.10 Å². The Morgan fingerprint density at radius 2 is 2.21 bits per heavy atom. The third-order valence-corrected chi connectivity index (χ3v) is 2.73. The Labute approximate surface area is 114 Å². The van der Waals surface area contributed by atoms with Gasteiger partial charge in [0.25, 0.3) is 5.91 Å². The van der Waals surface area contributed by atoms with E-state index in [1.54, 1.807) is 13.0 Å². The van der Waals surface area contributed by atoms with E-state index in [4.69, 9.17) is 18.0 Å². The highest BCUT2D eigenvalue weighted by Crippen LogP contribution is 2.15. The molecule has 0 aliphatic rings. The summed E-state index contributed by atoms with van der Waals surface area (Å²) >= 11 is 4.81. The second-order valence-corrected chi connectivity index (χ2v) is 4.40. The molecular formula is C12H11FN4OS. The highest BCUT2D eigenvalue weighted by atomic mass is 32.1. The molecule has 2 rings (SSSR count). The normalized spacial score (nSPS) is 10.2. The van der Waals surface area contributed by atoms with Gasteiger partial charge in [0.05, 0.1) is 17.3 Å². The predicted molar refractivity (Wildman–Crippen MR) is 73.6 cm³/mol. The number of nitrogens with one attached hydrogen (secondary N) is 2. The summed E-state index contributed by atoms with van der Waals surface area (Å²) in [5.74, 6) is -0.944. The molecule has 0 atom stereocenters. The molecule has 98 valence electrons. The standard InChI is InChI=1S/C12H11FN4OS/c1-6-2-3-9(13)7(4-6)12(18)16-11-8(10(14)19)5-15-17-11/h2-5H,1H3,(H2,14,19)(H2,15,16,17,18). The molecule has 7 heteroatoms. The van der Waals surface area contributed by atoms with Crippen LogP contribution in [0.25, 0.3) is 0 Å². The van der Waals surface area contributed by atoms with E-state index in [-0.39, 0.29) is 16.4 Å². The van der Waals surface area contributed by atoms with Crippen LogP contribution in [0.15, 0.2) is 24.4 Å². The minimum absolute atomic E-state index is 0.0523. The van der Waals surface area contributed by atoms with Crippen LogP contribution in [0.4, 0.5) is 10.2 Å². The van der Waals surface area contributed by atoms with Crippen molar-refractivity contribution < 1.29 is 9.18 Å². The molecule has 2 aromatic rings. The number of nitrogens with zero attached hydrogens (tertiary/aromatic N) is 1. The van der Waals surface area contributed by atoms with E-state index in [1.807, 2.05) is 0 Å². The second kappa shape index (κ2) is 5.15. The average molecular weight is 278 g/mol. The summed E-state index contributed by atoms with van der Waals surface area (Å²) in [7, 11) is 0. The largest absolute Gasteiger partial charge is 0.389 e. The number of carbonyl (C=O) groups excluding carboxylic acids is 1. The number of hydrogen-bond acceptors (Lipinski definition) is 3. The Hall–Kier alpha value is -2.28. The third kappa shape index (κ3) is 2.76. The van der Waals surface area contributed by atoms with Crippen molar-refractivity contribution in [1.82, 2.24) is 10.2 Å². The van der Waals surface area contributed by atoms with Crippen LogP contribution in [0, 0.1) is 12.7 Å². The number of thiocarbonyl (C=S) groups is 1. The highest BCUT2D eigenvalue weighted by Gasteiger charge is 2.15. The van der Waals surface area contributed by atoms with Crippen molar-refractivity contribution in [2.75, 3.05) is 5.32 Å². The first-order valence-electron chi connectivity index (χ1n) is 5.39. The van der Waals surface area contributed by atoms with Gasteiger partial charge in [0.1, 0.15) is 16.6 Å². The quantitative estimate of drug-likeness (QED) is 0.747. The summed E-state index contributed by atoms with van der Waals surface area (Å²) in [6.45, 7) is 1.77. The Balaban J connectivity index is 2.28. The summed E-state index contributed by atoms with van der Waals surface area (Å²) in [6, 6.07) is 4.29. The van der Waals surface area contributed by atoms with Gasteiger partial charge in [-0.3, -0.25) is 9.89 Å². The van der Waals surface area contributed by atoms with E-state index < -0.39 is 11.7 Å². The van der Waals surface area contributed by atoms with Crippen LogP contribution in [0.3, 0.4) is 0 Å². The van der Waals surface area contributed by atoms with Crippen molar-refractivity contribution in [1.29, 1.82) is 0 Å². The van der Waals surface area contributed by atoms with Gasteiger partial charge in [-0.05, 0) is 19.1 Å². The number of rotatable bonds is 3. The zero-order valence-electron chi connectivity index (χ0n) is 10.0. The zero-order valence-corrected chi connectivity index (χ0v) is 10.8. The van der Waals surface area contributed by atoms with Gasteiger partial charge in [-0.1, -0.05) is 23.8 Å². The van der Waals surface area contributed by atoms with E-state index in [2.05, 4.69) is 15.5 Å². The molecule has 0 radical (unpaired) electrons. The molecule has 1 heterocycles. The Morgan fingerprint density at radius 3 is 2.89 bits per heavy atom. The number of hydrogen-bond donors (Lipinski definition) is 3. The van der Waals surface area contributed by atoms with Crippen molar-refractivity contribution in [3.8, 4) is 0 Å².